The first kappa shape index (κ1) is 11.5. The highest BCUT2D eigenvalue weighted by Crippen LogP contribution is 2.38. The summed E-state index contributed by atoms with van der Waals surface area (Å²) in [7, 11) is 0. The van der Waals surface area contributed by atoms with E-state index in [0.29, 0.717) is 0 Å². The molecule has 81 valence electrons. The maximum absolute atomic E-state index is 10.9. The molecule has 3 heteroatoms. The summed E-state index contributed by atoms with van der Waals surface area (Å²) in [6.07, 6.45) is 3.26. The maximum atomic E-state index is 10.9. The van der Waals surface area contributed by atoms with Crippen LogP contribution in [-0.4, -0.2) is 22.1 Å². The molecule has 14 heavy (non-hydrogen) atoms. The van der Waals surface area contributed by atoms with Crippen molar-refractivity contribution in [2.45, 2.75) is 58.0 Å². The molecule has 0 atom stereocenters. The first-order chi connectivity index (χ1) is 6.26. The van der Waals surface area contributed by atoms with Crippen LogP contribution in [0.25, 0.3) is 0 Å². The van der Waals surface area contributed by atoms with Crippen molar-refractivity contribution in [3.8, 4) is 0 Å². The Morgan fingerprint density at radius 3 is 2.00 bits per heavy atom. The molecular formula is C11H20NO2. The number of rotatable bonds is 1. The molecule has 0 spiro atoms. The fraction of sp³-hybridized carbons (Fsp3) is 0.818. The molecule has 0 saturated carbocycles. The van der Waals surface area contributed by atoms with Gasteiger partial charge in [-0.3, -0.25) is 4.79 Å². The van der Waals surface area contributed by atoms with E-state index < -0.39 is 5.97 Å². The third-order valence-electron chi connectivity index (χ3n) is 2.87. The Hall–Kier alpha value is -0.570. The highest BCUT2D eigenvalue weighted by molar-refractivity contribution is 5.73. The fourth-order valence-corrected chi connectivity index (χ4v) is 2.32. The lowest BCUT2D eigenvalue weighted by molar-refractivity contribution is -0.261. The van der Waals surface area contributed by atoms with Crippen molar-refractivity contribution in [1.29, 1.82) is 0 Å². The highest BCUT2D eigenvalue weighted by Gasteiger charge is 2.43. The molecule has 1 saturated heterocycles. The van der Waals surface area contributed by atoms with E-state index in [1.807, 2.05) is 0 Å². The van der Waals surface area contributed by atoms with Crippen LogP contribution in [0.2, 0.25) is 0 Å². The van der Waals surface area contributed by atoms with Crippen LogP contribution in [0.4, 0.5) is 0 Å². The Morgan fingerprint density at radius 1 is 1.21 bits per heavy atom. The van der Waals surface area contributed by atoms with Crippen LogP contribution >= 0.6 is 0 Å². The molecule has 1 aliphatic rings. The Labute approximate surface area is 86.4 Å². The molecule has 0 N–H and O–H groups in total. The van der Waals surface area contributed by atoms with E-state index in [2.05, 4.69) is 34.6 Å². The first-order valence-corrected chi connectivity index (χ1v) is 5.10. The van der Waals surface area contributed by atoms with Crippen molar-refractivity contribution in [2.75, 3.05) is 0 Å². The van der Waals surface area contributed by atoms with Gasteiger partial charge in [-0.15, -0.1) is 5.06 Å². The van der Waals surface area contributed by atoms with Crippen LogP contribution in [0.15, 0.2) is 0 Å². The first-order valence-electron chi connectivity index (χ1n) is 5.10. The van der Waals surface area contributed by atoms with E-state index >= 15 is 0 Å². The van der Waals surface area contributed by atoms with Crippen molar-refractivity contribution in [3.63, 3.8) is 0 Å². The second-order valence-corrected chi connectivity index (χ2v) is 5.24. The summed E-state index contributed by atoms with van der Waals surface area (Å²) < 4.78 is 0. The summed E-state index contributed by atoms with van der Waals surface area (Å²) >= 11 is 0. The normalized spacial score (nSPS) is 25.8. The van der Waals surface area contributed by atoms with E-state index in [0.717, 1.165) is 12.8 Å². The number of nitrogens with zero attached hydrogens (tertiary/aromatic N) is 1. The molecule has 1 rings (SSSR count). The number of hydrogen-bond donors (Lipinski definition) is 0. The zero-order chi connectivity index (χ0) is 11.0. The van der Waals surface area contributed by atoms with Crippen molar-refractivity contribution in [3.05, 3.63) is 6.92 Å². The van der Waals surface area contributed by atoms with Crippen LogP contribution < -0.4 is 0 Å². The van der Waals surface area contributed by atoms with E-state index in [1.54, 1.807) is 5.06 Å². The Balaban J connectivity index is 2.85. The summed E-state index contributed by atoms with van der Waals surface area (Å²) in [5, 5.41) is 1.80. The molecule has 0 aromatic carbocycles. The van der Waals surface area contributed by atoms with Crippen molar-refractivity contribution < 1.29 is 9.63 Å². The fourth-order valence-electron chi connectivity index (χ4n) is 2.32. The van der Waals surface area contributed by atoms with Crippen LogP contribution in [0.1, 0.15) is 47.0 Å². The molecule has 0 unspecified atom stereocenters. The number of carbonyl (C=O) groups excluding carboxylic acids is 1. The molecular weight excluding hydrogens is 178 g/mol. The van der Waals surface area contributed by atoms with Gasteiger partial charge < -0.3 is 4.84 Å². The predicted molar refractivity (Wildman–Crippen MR) is 55.3 cm³/mol. The minimum absolute atomic E-state index is 0.0882. The minimum Gasteiger partial charge on any atom is -0.367 e. The molecule has 0 aromatic heterocycles. The SMILES string of the molecule is [CH2]C(=O)ON1C(C)(C)CCCC1(C)C. The second kappa shape index (κ2) is 3.54. The monoisotopic (exact) mass is 198 g/mol. The zero-order valence-electron chi connectivity index (χ0n) is 9.59. The molecule has 0 bridgehead atoms. The van der Waals surface area contributed by atoms with Gasteiger partial charge in [0.25, 0.3) is 0 Å². The van der Waals surface area contributed by atoms with E-state index in [1.165, 1.54) is 6.42 Å². The number of hydrogen-bond acceptors (Lipinski definition) is 3. The third-order valence-corrected chi connectivity index (χ3v) is 2.87. The lowest BCUT2D eigenvalue weighted by Gasteiger charge is -2.50. The molecule has 1 fully saturated rings. The molecule has 1 heterocycles. The summed E-state index contributed by atoms with van der Waals surface area (Å²) in [6.45, 7) is 11.6. The average Bonchev–Trinajstić information content (AvgIpc) is 1.96. The Bertz CT molecular complexity index is 217. The van der Waals surface area contributed by atoms with Crippen molar-refractivity contribution in [2.24, 2.45) is 0 Å². The average molecular weight is 198 g/mol. The van der Waals surface area contributed by atoms with Gasteiger partial charge in [-0.2, -0.15) is 0 Å². The van der Waals surface area contributed by atoms with Crippen LogP contribution in [0.3, 0.4) is 0 Å². The Kier molecular flexibility index (Phi) is 2.91. The standard InChI is InChI=1S/C11H20NO2/c1-9(13)14-12-10(2,3)7-6-8-11(12,4)5/h1,6-8H2,2-5H3. The van der Waals surface area contributed by atoms with Gasteiger partial charge in [0, 0.05) is 0 Å². The largest absolute Gasteiger partial charge is 0.367 e. The van der Waals surface area contributed by atoms with E-state index in [-0.39, 0.29) is 11.1 Å². The lowest BCUT2D eigenvalue weighted by Crippen LogP contribution is -2.58. The minimum atomic E-state index is -0.479. The summed E-state index contributed by atoms with van der Waals surface area (Å²) in [5.74, 6) is -0.479. The van der Waals surface area contributed by atoms with Crippen LogP contribution in [0, 0.1) is 6.92 Å². The highest BCUT2D eigenvalue weighted by atomic mass is 16.7. The number of carbonyl (C=O) groups is 1. The third kappa shape index (κ3) is 2.27. The molecule has 1 aliphatic heterocycles. The summed E-state index contributed by atoms with van der Waals surface area (Å²) in [5.41, 5.74) is -0.176. The summed E-state index contributed by atoms with van der Waals surface area (Å²) in [6, 6.07) is 0. The molecule has 3 nitrogen and oxygen atoms in total. The number of hydroxylamine groups is 2. The van der Waals surface area contributed by atoms with E-state index in [4.69, 9.17) is 4.84 Å². The van der Waals surface area contributed by atoms with Crippen molar-refractivity contribution >= 4 is 5.97 Å². The quantitative estimate of drug-likeness (QED) is 0.647. The second-order valence-electron chi connectivity index (χ2n) is 5.24. The topological polar surface area (TPSA) is 29.5 Å². The van der Waals surface area contributed by atoms with Gasteiger partial charge in [-0.1, -0.05) is 0 Å². The zero-order valence-corrected chi connectivity index (χ0v) is 9.59. The van der Waals surface area contributed by atoms with Gasteiger partial charge >= 0.3 is 5.97 Å². The van der Waals surface area contributed by atoms with Crippen molar-refractivity contribution in [1.82, 2.24) is 5.06 Å². The Morgan fingerprint density at radius 2 is 1.64 bits per heavy atom. The maximum Gasteiger partial charge on any atom is 0.325 e. The molecule has 0 aliphatic carbocycles. The van der Waals surface area contributed by atoms with E-state index in [9.17, 15) is 4.79 Å². The van der Waals surface area contributed by atoms with Gasteiger partial charge in [0.05, 0.1) is 18.0 Å². The lowest BCUT2D eigenvalue weighted by atomic mass is 9.82. The molecule has 0 amide bonds. The van der Waals surface area contributed by atoms with Gasteiger partial charge in [-0.05, 0) is 47.0 Å². The van der Waals surface area contributed by atoms with Gasteiger partial charge in [0.1, 0.15) is 0 Å². The van der Waals surface area contributed by atoms with Crippen LogP contribution in [0.5, 0.6) is 0 Å². The van der Waals surface area contributed by atoms with Gasteiger partial charge in [0.15, 0.2) is 0 Å². The van der Waals surface area contributed by atoms with Crippen LogP contribution in [-0.2, 0) is 9.63 Å². The van der Waals surface area contributed by atoms with Gasteiger partial charge in [-0.25, -0.2) is 0 Å². The van der Waals surface area contributed by atoms with Gasteiger partial charge in [0.2, 0.25) is 0 Å². The molecule has 1 radical (unpaired) electrons. The molecule has 0 aromatic rings. The smallest absolute Gasteiger partial charge is 0.325 e. The summed E-state index contributed by atoms with van der Waals surface area (Å²) in [4.78, 5) is 16.1. The predicted octanol–water partition coefficient (Wildman–Crippen LogP) is 2.32. The number of piperidine rings is 1.